The Kier molecular flexibility index (Phi) is 6.51. The van der Waals surface area contributed by atoms with Crippen molar-refractivity contribution < 1.29 is 23.8 Å². The molecule has 0 aliphatic carbocycles. The molecule has 1 aliphatic rings. The summed E-state index contributed by atoms with van der Waals surface area (Å²) in [6.07, 6.45) is 1.60. The summed E-state index contributed by atoms with van der Waals surface area (Å²) in [6.45, 7) is 0.262. The van der Waals surface area contributed by atoms with Gasteiger partial charge in [-0.1, -0.05) is 23.7 Å². The summed E-state index contributed by atoms with van der Waals surface area (Å²) >= 11 is 6.00. The fourth-order valence-corrected chi connectivity index (χ4v) is 3.52. The Labute approximate surface area is 195 Å². The number of hydrogen-bond donors (Lipinski definition) is 2. The van der Waals surface area contributed by atoms with Crippen molar-refractivity contribution in [3.05, 3.63) is 88.1 Å². The predicted molar refractivity (Wildman–Crippen MR) is 126 cm³/mol. The van der Waals surface area contributed by atoms with Crippen LogP contribution in [0.15, 0.2) is 66.4 Å². The standard InChI is InChI=1S/C25H21ClN2O5/c1-31-19-8-6-17(22(13-19)32-2)14-27-24(29)16-7-9-21-20(12-16)28-25(30)23(33-21)11-15-4-3-5-18(26)10-15/h3-13H,14H2,1-2H3,(H,27,29)(H,28,30)/b23-11+. The van der Waals surface area contributed by atoms with Crippen LogP contribution in [0.4, 0.5) is 5.69 Å². The van der Waals surface area contributed by atoms with Gasteiger partial charge in [0.15, 0.2) is 11.5 Å². The van der Waals surface area contributed by atoms with Crippen LogP contribution in [0.1, 0.15) is 21.5 Å². The number of carbonyl (C=O) groups excluding carboxylic acids is 2. The van der Waals surface area contributed by atoms with E-state index in [1.807, 2.05) is 12.1 Å². The van der Waals surface area contributed by atoms with E-state index in [1.54, 1.807) is 68.8 Å². The topological polar surface area (TPSA) is 85.9 Å². The number of amides is 2. The molecule has 4 rings (SSSR count). The third kappa shape index (κ3) is 5.10. The number of ether oxygens (including phenoxy) is 3. The van der Waals surface area contributed by atoms with Crippen molar-refractivity contribution in [3.8, 4) is 17.2 Å². The van der Waals surface area contributed by atoms with Crippen LogP contribution in [0.5, 0.6) is 17.2 Å². The van der Waals surface area contributed by atoms with E-state index < -0.39 is 5.91 Å². The molecular formula is C25H21ClN2O5. The number of carbonyl (C=O) groups is 2. The normalized spacial score (nSPS) is 13.5. The zero-order chi connectivity index (χ0) is 23.4. The van der Waals surface area contributed by atoms with Gasteiger partial charge in [-0.3, -0.25) is 9.59 Å². The van der Waals surface area contributed by atoms with Crippen LogP contribution in [0.3, 0.4) is 0 Å². The maximum atomic E-state index is 12.7. The maximum absolute atomic E-state index is 12.7. The molecule has 0 aromatic heterocycles. The number of anilines is 1. The van der Waals surface area contributed by atoms with E-state index in [4.69, 9.17) is 25.8 Å². The van der Waals surface area contributed by atoms with Crippen LogP contribution >= 0.6 is 11.6 Å². The number of nitrogens with one attached hydrogen (secondary N) is 2. The smallest absolute Gasteiger partial charge is 0.291 e. The Balaban J connectivity index is 1.47. The van der Waals surface area contributed by atoms with E-state index >= 15 is 0 Å². The molecule has 0 fully saturated rings. The molecule has 3 aromatic rings. The molecule has 1 heterocycles. The van der Waals surface area contributed by atoms with Gasteiger partial charge >= 0.3 is 0 Å². The molecule has 3 aromatic carbocycles. The number of halogens is 1. The number of benzene rings is 3. The van der Waals surface area contributed by atoms with Crippen molar-refractivity contribution in [2.75, 3.05) is 19.5 Å². The van der Waals surface area contributed by atoms with Gasteiger partial charge in [-0.25, -0.2) is 0 Å². The quantitative estimate of drug-likeness (QED) is 0.518. The van der Waals surface area contributed by atoms with Crippen molar-refractivity contribution in [2.24, 2.45) is 0 Å². The van der Waals surface area contributed by atoms with Gasteiger partial charge in [0.1, 0.15) is 11.5 Å². The van der Waals surface area contributed by atoms with Crippen molar-refractivity contribution in [3.63, 3.8) is 0 Å². The molecule has 1 aliphatic heterocycles. The predicted octanol–water partition coefficient (Wildman–Crippen LogP) is 4.66. The van der Waals surface area contributed by atoms with Gasteiger partial charge in [-0.05, 0) is 54.1 Å². The summed E-state index contributed by atoms with van der Waals surface area (Å²) in [5.41, 5.74) is 2.34. The number of fused-ring (bicyclic) bond motifs is 1. The lowest BCUT2D eigenvalue weighted by Crippen LogP contribution is -2.26. The highest BCUT2D eigenvalue weighted by atomic mass is 35.5. The summed E-state index contributed by atoms with van der Waals surface area (Å²) < 4.78 is 16.3. The lowest BCUT2D eigenvalue weighted by molar-refractivity contribution is -0.115. The average molecular weight is 465 g/mol. The minimum Gasteiger partial charge on any atom is -0.497 e. The lowest BCUT2D eigenvalue weighted by atomic mass is 10.1. The zero-order valence-electron chi connectivity index (χ0n) is 18.0. The van der Waals surface area contributed by atoms with Crippen molar-refractivity contribution in [2.45, 2.75) is 6.54 Å². The average Bonchev–Trinajstić information content (AvgIpc) is 2.82. The largest absolute Gasteiger partial charge is 0.497 e. The fraction of sp³-hybridized carbons (Fsp3) is 0.120. The fourth-order valence-electron chi connectivity index (χ4n) is 3.32. The first-order valence-electron chi connectivity index (χ1n) is 10.1. The third-order valence-corrected chi connectivity index (χ3v) is 5.25. The molecular weight excluding hydrogens is 444 g/mol. The van der Waals surface area contributed by atoms with Crippen LogP contribution < -0.4 is 24.8 Å². The highest BCUT2D eigenvalue weighted by molar-refractivity contribution is 6.30. The summed E-state index contributed by atoms with van der Waals surface area (Å²) in [5.74, 6) is 1.13. The lowest BCUT2D eigenvalue weighted by Gasteiger charge is -2.20. The van der Waals surface area contributed by atoms with Gasteiger partial charge in [0.2, 0.25) is 0 Å². The van der Waals surface area contributed by atoms with Gasteiger partial charge in [0, 0.05) is 28.8 Å². The first kappa shape index (κ1) is 22.2. The monoisotopic (exact) mass is 464 g/mol. The Morgan fingerprint density at radius 2 is 1.94 bits per heavy atom. The third-order valence-electron chi connectivity index (χ3n) is 5.01. The minimum atomic E-state index is -0.414. The number of methoxy groups -OCH3 is 2. The van der Waals surface area contributed by atoms with Crippen molar-refractivity contribution >= 4 is 35.2 Å². The Morgan fingerprint density at radius 3 is 2.70 bits per heavy atom. The molecule has 0 saturated heterocycles. The second-order valence-corrected chi connectivity index (χ2v) is 7.63. The Hall–Kier alpha value is -3.97. The first-order valence-corrected chi connectivity index (χ1v) is 10.4. The molecule has 7 nitrogen and oxygen atoms in total. The summed E-state index contributed by atoms with van der Waals surface area (Å²) in [6, 6.07) is 17.3. The summed E-state index contributed by atoms with van der Waals surface area (Å²) in [5, 5.41) is 6.18. The number of rotatable bonds is 6. The van der Waals surface area contributed by atoms with Crippen LogP contribution in [0.25, 0.3) is 6.08 Å². The SMILES string of the molecule is COc1ccc(CNC(=O)c2ccc3c(c2)NC(=O)/C(=C\c2cccc(Cl)c2)O3)c(OC)c1. The second-order valence-electron chi connectivity index (χ2n) is 7.19. The van der Waals surface area contributed by atoms with Crippen LogP contribution in [-0.4, -0.2) is 26.0 Å². The van der Waals surface area contributed by atoms with Gasteiger partial charge in [0.05, 0.1) is 19.9 Å². The van der Waals surface area contributed by atoms with Crippen LogP contribution in [-0.2, 0) is 11.3 Å². The van der Waals surface area contributed by atoms with Crippen molar-refractivity contribution in [1.82, 2.24) is 5.32 Å². The first-order chi connectivity index (χ1) is 16.0. The highest BCUT2D eigenvalue weighted by Crippen LogP contribution is 2.32. The molecule has 168 valence electrons. The molecule has 8 heteroatoms. The Bertz CT molecular complexity index is 1260. The van der Waals surface area contributed by atoms with Crippen molar-refractivity contribution in [1.29, 1.82) is 0 Å². The van der Waals surface area contributed by atoms with E-state index in [1.165, 1.54) is 0 Å². The minimum absolute atomic E-state index is 0.133. The molecule has 0 unspecified atom stereocenters. The van der Waals surface area contributed by atoms with Crippen LogP contribution in [0, 0.1) is 0 Å². The molecule has 0 saturated carbocycles. The van der Waals surface area contributed by atoms with Gasteiger partial charge in [0.25, 0.3) is 11.8 Å². The zero-order valence-corrected chi connectivity index (χ0v) is 18.7. The molecule has 0 spiro atoms. The number of hydrogen-bond acceptors (Lipinski definition) is 5. The molecule has 2 N–H and O–H groups in total. The van der Waals surface area contributed by atoms with E-state index in [0.717, 1.165) is 11.1 Å². The molecule has 0 bridgehead atoms. The summed E-state index contributed by atoms with van der Waals surface area (Å²) in [7, 11) is 3.13. The van der Waals surface area contributed by atoms with Gasteiger partial charge in [-0.2, -0.15) is 0 Å². The van der Waals surface area contributed by atoms with Crippen LogP contribution in [0.2, 0.25) is 5.02 Å². The van der Waals surface area contributed by atoms with E-state index in [2.05, 4.69) is 10.6 Å². The maximum Gasteiger partial charge on any atom is 0.291 e. The van der Waals surface area contributed by atoms with Gasteiger partial charge < -0.3 is 24.8 Å². The Morgan fingerprint density at radius 1 is 1.09 bits per heavy atom. The van der Waals surface area contributed by atoms with E-state index in [9.17, 15) is 9.59 Å². The summed E-state index contributed by atoms with van der Waals surface area (Å²) in [4.78, 5) is 25.2. The van der Waals surface area contributed by atoms with E-state index in [-0.39, 0.29) is 18.2 Å². The molecule has 0 atom stereocenters. The van der Waals surface area contributed by atoms with Gasteiger partial charge in [-0.15, -0.1) is 0 Å². The second kappa shape index (κ2) is 9.67. The highest BCUT2D eigenvalue weighted by Gasteiger charge is 2.23. The van der Waals surface area contributed by atoms with E-state index in [0.29, 0.717) is 33.5 Å². The molecule has 33 heavy (non-hydrogen) atoms. The molecule has 0 radical (unpaired) electrons. The molecule has 2 amide bonds.